The van der Waals surface area contributed by atoms with Crippen LogP contribution in [-0.4, -0.2) is 7.05 Å². The first-order valence-corrected chi connectivity index (χ1v) is 7.71. The van der Waals surface area contributed by atoms with Crippen LogP contribution in [0.4, 0.5) is 17.6 Å². The molecule has 1 aromatic heterocycles. The lowest BCUT2D eigenvalue weighted by atomic mass is 10.0. The van der Waals surface area contributed by atoms with Gasteiger partial charge in [0.15, 0.2) is 0 Å². The third kappa shape index (κ3) is 3.59. The van der Waals surface area contributed by atoms with Gasteiger partial charge in [0.05, 0.1) is 11.6 Å². The van der Waals surface area contributed by atoms with Gasteiger partial charge in [-0.25, -0.2) is 4.39 Å². The van der Waals surface area contributed by atoms with Gasteiger partial charge in [0, 0.05) is 9.35 Å². The zero-order valence-electron chi connectivity index (χ0n) is 10.6. The summed E-state index contributed by atoms with van der Waals surface area (Å²) in [4.78, 5) is 0.731. The van der Waals surface area contributed by atoms with Crippen LogP contribution in [0.5, 0.6) is 0 Å². The highest BCUT2D eigenvalue weighted by molar-refractivity contribution is 9.10. The topological polar surface area (TPSA) is 12.0 Å². The Morgan fingerprint density at radius 2 is 1.95 bits per heavy atom. The number of alkyl halides is 3. The van der Waals surface area contributed by atoms with Crippen molar-refractivity contribution in [2.24, 2.45) is 0 Å². The summed E-state index contributed by atoms with van der Waals surface area (Å²) in [5.41, 5.74) is -0.960. The highest BCUT2D eigenvalue weighted by Crippen LogP contribution is 2.39. The highest BCUT2D eigenvalue weighted by Gasteiger charge is 2.34. The van der Waals surface area contributed by atoms with Crippen molar-refractivity contribution < 1.29 is 17.6 Å². The number of nitrogens with one attached hydrogen (secondary N) is 1. The molecule has 0 spiro atoms. The molecule has 1 nitrogen and oxygen atoms in total. The summed E-state index contributed by atoms with van der Waals surface area (Å²) < 4.78 is 52.9. The molecule has 1 heterocycles. The van der Waals surface area contributed by atoms with E-state index in [1.165, 1.54) is 17.4 Å². The average Bonchev–Trinajstić information content (AvgIpc) is 2.71. The van der Waals surface area contributed by atoms with Gasteiger partial charge in [-0.2, -0.15) is 13.2 Å². The third-order valence-electron chi connectivity index (χ3n) is 2.87. The maximum Gasteiger partial charge on any atom is 0.419 e. The van der Waals surface area contributed by atoms with Crippen LogP contribution in [0, 0.1) is 5.82 Å². The van der Waals surface area contributed by atoms with E-state index < -0.39 is 23.6 Å². The second kappa shape index (κ2) is 6.24. The maximum atomic E-state index is 13.3. The Bertz CT molecular complexity index is 637. The molecule has 1 atom stereocenters. The molecule has 8 heteroatoms. The van der Waals surface area contributed by atoms with Gasteiger partial charge in [0.25, 0.3) is 0 Å². The van der Waals surface area contributed by atoms with E-state index in [-0.39, 0.29) is 0 Å². The predicted molar refractivity (Wildman–Crippen MR) is 79.3 cm³/mol. The molecule has 0 aliphatic heterocycles. The fourth-order valence-corrected chi connectivity index (χ4v) is 3.79. The SMILES string of the molecule is CNC(c1ccc(F)c(C(F)(F)F)c1)c1cc(Br)c(Cl)s1. The molecule has 1 N–H and O–H groups in total. The van der Waals surface area contributed by atoms with Crippen LogP contribution in [0.25, 0.3) is 0 Å². The lowest BCUT2D eigenvalue weighted by Crippen LogP contribution is -2.18. The van der Waals surface area contributed by atoms with Gasteiger partial charge < -0.3 is 5.32 Å². The Hall–Kier alpha value is -0.630. The molecule has 2 rings (SSSR count). The van der Waals surface area contributed by atoms with Crippen molar-refractivity contribution in [3.8, 4) is 0 Å². The standard InChI is InChI=1S/C13H9BrClF4NS/c1-20-11(10-5-8(14)12(15)21-10)6-2-3-9(16)7(4-6)13(17,18)19/h2-5,11,20H,1H3. The summed E-state index contributed by atoms with van der Waals surface area (Å²) in [7, 11) is 1.61. The minimum atomic E-state index is -4.73. The lowest BCUT2D eigenvalue weighted by Gasteiger charge is -2.17. The van der Waals surface area contributed by atoms with Crippen molar-refractivity contribution in [2.75, 3.05) is 7.05 Å². The molecule has 21 heavy (non-hydrogen) atoms. The summed E-state index contributed by atoms with van der Waals surface area (Å²) in [6.45, 7) is 0. The molecule has 114 valence electrons. The highest BCUT2D eigenvalue weighted by atomic mass is 79.9. The second-order valence-corrected chi connectivity index (χ2v) is 6.77. The van der Waals surface area contributed by atoms with Gasteiger partial charge in [-0.05, 0) is 46.7 Å². The number of rotatable bonds is 3. The van der Waals surface area contributed by atoms with Crippen LogP contribution in [0.1, 0.15) is 22.0 Å². The minimum Gasteiger partial charge on any atom is -0.309 e. The van der Waals surface area contributed by atoms with Crippen LogP contribution < -0.4 is 5.32 Å². The number of hydrogen-bond donors (Lipinski definition) is 1. The molecule has 0 aliphatic carbocycles. The monoisotopic (exact) mass is 401 g/mol. The van der Waals surface area contributed by atoms with Crippen LogP contribution in [0.3, 0.4) is 0 Å². The normalized spacial score (nSPS) is 13.5. The van der Waals surface area contributed by atoms with E-state index in [1.807, 2.05) is 0 Å². The van der Waals surface area contributed by atoms with Crippen LogP contribution in [0.2, 0.25) is 4.34 Å². The van der Waals surface area contributed by atoms with Crippen molar-refractivity contribution in [1.29, 1.82) is 0 Å². The van der Waals surface area contributed by atoms with Gasteiger partial charge in [-0.1, -0.05) is 17.7 Å². The summed E-state index contributed by atoms with van der Waals surface area (Å²) in [6, 6.07) is 4.20. The Morgan fingerprint density at radius 1 is 1.29 bits per heavy atom. The van der Waals surface area contributed by atoms with E-state index in [9.17, 15) is 17.6 Å². The lowest BCUT2D eigenvalue weighted by molar-refractivity contribution is -0.140. The van der Waals surface area contributed by atoms with Crippen LogP contribution in [0.15, 0.2) is 28.7 Å². The van der Waals surface area contributed by atoms with E-state index in [4.69, 9.17) is 11.6 Å². The summed E-state index contributed by atoms with van der Waals surface area (Å²) in [5.74, 6) is -1.29. The fourth-order valence-electron chi connectivity index (χ4n) is 1.92. The van der Waals surface area contributed by atoms with Crippen LogP contribution >= 0.6 is 38.9 Å². The van der Waals surface area contributed by atoms with E-state index >= 15 is 0 Å². The molecule has 0 radical (unpaired) electrons. The van der Waals surface area contributed by atoms with Crippen molar-refractivity contribution >= 4 is 38.9 Å². The minimum absolute atomic E-state index is 0.316. The van der Waals surface area contributed by atoms with Gasteiger partial charge >= 0.3 is 6.18 Å². The number of thiophene rings is 1. The summed E-state index contributed by atoms with van der Waals surface area (Å²) >= 11 is 10.4. The smallest absolute Gasteiger partial charge is 0.309 e. The van der Waals surface area contributed by atoms with Gasteiger partial charge in [0.1, 0.15) is 10.2 Å². The average molecular weight is 403 g/mol. The zero-order valence-corrected chi connectivity index (χ0v) is 13.7. The number of benzene rings is 1. The molecule has 1 unspecified atom stereocenters. The van der Waals surface area contributed by atoms with E-state index in [0.29, 0.717) is 14.4 Å². The van der Waals surface area contributed by atoms with Gasteiger partial charge in [-0.3, -0.25) is 0 Å². The quantitative estimate of drug-likeness (QED) is 0.656. The Morgan fingerprint density at radius 3 is 2.43 bits per heavy atom. The molecule has 0 bridgehead atoms. The predicted octanol–water partition coefficient (Wildman–Crippen LogP) is 5.63. The van der Waals surface area contributed by atoms with E-state index in [1.54, 1.807) is 13.1 Å². The summed E-state index contributed by atoms with van der Waals surface area (Å²) in [5, 5.41) is 2.91. The second-order valence-electron chi connectivity index (χ2n) is 4.23. The van der Waals surface area contributed by atoms with Crippen molar-refractivity contribution in [1.82, 2.24) is 5.32 Å². The molecule has 0 saturated heterocycles. The first-order chi connectivity index (χ1) is 9.74. The molecular formula is C13H9BrClF4NS. The van der Waals surface area contributed by atoms with Crippen molar-refractivity contribution in [3.63, 3.8) is 0 Å². The van der Waals surface area contributed by atoms with Crippen molar-refractivity contribution in [2.45, 2.75) is 12.2 Å². The molecule has 0 aliphatic rings. The zero-order chi connectivity index (χ0) is 15.8. The Balaban J connectivity index is 2.48. The summed E-state index contributed by atoms with van der Waals surface area (Å²) in [6.07, 6.45) is -4.73. The number of halogens is 6. The number of hydrogen-bond acceptors (Lipinski definition) is 2. The van der Waals surface area contributed by atoms with E-state index in [0.717, 1.165) is 17.0 Å². The first-order valence-electron chi connectivity index (χ1n) is 5.72. The molecule has 1 aromatic carbocycles. The Labute approximate surface area is 136 Å². The molecule has 0 saturated carbocycles. The first kappa shape index (κ1) is 16.7. The molecular weight excluding hydrogens is 394 g/mol. The van der Waals surface area contributed by atoms with Gasteiger partial charge in [0.2, 0.25) is 0 Å². The Kier molecular flexibility index (Phi) is 4.97. The maximum absolute atomic E-state index is 13.3. The fraction of sp³-hybridized carbons (Fsp3) is 0.231. The van der Waals surface area contributed by atoms with Crippen LogP contribution in [-0.2, 0) is 6.18 Å². The van der Waals surface area contributed by atoms with E-state index in [2.05, 4.69) is 21.2 Å². The molecule has 0 fully saturated rings. The largest absolute Gasteiger partial charge is 0.419 e. The van der Waals surface area contributed by atoms with Gasteiger partial charge in [-0.15, -0.1) is 11.3 Å². The molecule has 2 aromatic rings. The molecule has 0 amide bonds. The third-order valence-corrected chi connectivity index (χ3v) is 5.41. The van der Waals surface area contributed by atoms with Crippen molar-refractivity contribution in [3.05, 3.63) is 54.9 Å².